The maximum atomic E-state index is 2.43. The van der Waals surface area contributed by atoms with Gasteiger partial charge in [-0.1, -0.05) is 108 Å². The second-order valence-corrected chi connectivity index (χ2v) is 6.49. The summed E-state index contributed by atoms with van der Waals surface area (Å²) in [6, 6.07) is 0. The van der Waals surface area contributed by atoms with Gasteiger partial charge in [-0.2, -0.15) is 0 Å². The second kappa shape index (κ2) is 16.4. The summed E-state index contributed by atoms with van der Waals surface area (Å²) in [6.07, 6.45) is 13.7. The molecule has 21 heavy (non-hydrogen) atoms. The lowest BCUT2D eigenvalue weighted by Crippen LogP contribution is -2.19. The van der Waals surface area contributed by atoms with Gasteiger partial charge in [0, 0.05) is 0 Å². The predicted molar refractivity (Wildman–Crippen MR) is 103 cm³/mol. The third-order valence-electron chi connectivity index (χ3n) is 4.94. The Morgan fingerprint density at radius 3 is 1.00 bits per heavy atom. The van der Waals surface area contributed by atoms with Crippen LogP contribution in [0.5, 0.6) is 0 Å². The minimum atomic E-state index is 0. The highest BCUT2D eigenvalue weighted by Gasteiger charge is 2.24. The number of hydrogen-bond donors (Lipinski definition) is 0. The Balaban J connectivity index is -0.000000499. The summed E-state index contributed by atoms with van der Waals surface area (Å²) >= 11 is 0. The fourth-order valence-electron chi connectivity index (χ4n) is 3.60. The van der Waals surface area contributed by atoms with Crippen LogP contribution >= 0.6 is 0 Å². The maximum absolute atomic E-state index is 2.43. The first kappa shape index (κ1) is 25.9. The van der Waals surface area contributed by atoms with Crippen molar-refractivity contribution in [2.45, 2.75) is 114 Å². The molecule has 0 N–H and O–H groups in total. The van der Waals surface area contributed by atoms with Gasteiger partial charge < -0.3 is 0 Å². The molecule has 0 heteroatoms. The summed E-state index contributed by atoms with van der Waals surface area (Å²) in [5.74, 6) is 4.24. The summed E-state index contributed by atoms with van der Waals surface area (Å²) in [4.78, 5) is 0. The van der Waals surface area contributed by atoms with Gasteiger partial charge >= 0.3 is 0 Å². The Kier molecular flexibility index (Phi) is 20.2. The molecule has 2 fully saturated rings. The fraction of sp³-hybridized carbons (Fsp3) is 1.00. The zero-order chi connectivity index (χ0) is 14.7. The van der Waals surface area contributed by atoms with E-state index < -0.39 is 0 Å². The van der Waals surface area contributed by atoms with Gasteiger partial charge in [-0.05, 0) is 30.1 Å². The van der Waals surface area contributed by atoms with Gasteiger partial charge in [-0.3, -0.25) is 0 Å². The Morgan fingerprint density at radius 1 is 0.524 bits per heavy atom. The molecule has 0 saturated heterocycles. The fourth-order valence-corrected chi connectivity index (χ4v) is 3.60. The summed E-state index contributed by atoms with van der Waals surface area (Å²) < 4.78 is 0. The average molecular weight is 301 g/mol. The first-order valence-corrected chi connectivity index (χ1v) is 9.24. The van der Waals surface area contributed by atoms with Gasteiger partial charge in [0.1, 0.15) is 0 Å². The third-order valence-corrected chi connectivity index (χ3v) is 4.94. The zero-order valence-electron chi connectivity index (χ0n) is 14.7. The van der Waals surface area contributed by atoms with Crippen molar-refractivity contribution in [3.63, 3.8) is 0 Å². The lowest BCUT2D eigenvalue weighted by molar-refractivity contribution is 0.201. The van der Waals surface area contributed by atoms with Crippen molar-refractivity contribution in [2.75, 3.05) is 0 Å². The van der Waals surface area contributed by atoms with Crippen LogP contribution in [0.15, 0.2) is 0 Å². The van der Waals surface area contributed by atoms with Gasteiger partial charge in [0.2, 0.25) is 0 Å². The molecule has 2 rings (SSSR count). The molecule has 0 spiro atoms. The normalized spacial score (nSPS) is 31.1. The molecular formula is C21H48. The smallest absolute Gasteiger partial charge is 0.0411 e. The van der Waals surface area contributed by atoms with Crippen LogP contribution in [-0.4, -0.2) is 0 Å². The van der Waals surface area contributed by atoms with Crippen molar-refractivity contribution >= 4 is 0 Å². The molecule has 0 radical (unpaired) electrons. The van der Waals surface area contributed by atoms with Gasteiger partial charge in [-0.15, -0.1) is 0 Å². The van der Waals surface area contributed by atoms with E-state index in [1.165, 1.54) is 51.4 Å². The first-order valence-electron chi connectivity index (χ1n) is 9.24. The highest BCUT2D eigenvalue weighted by molar-refractivity contribution is 4.76. The Labute approximate surface area is 138 Å². The van der Waals surface area contributed by atoms with Crippen LogP contribution in [0, 0.1) is 23.7 Å². The van der Waals surface area contributed by atoms with Crippen LogP contribution in [0.3, 0.4) is 0 Å². The Hall–Kier alpha value is 0. The minimum Gasteiger partial charge on any atom is -0.0776 e. The van der Waals surface area contributed by atoms with Crippen molar-refractivity contribution in [2.24, 2.45) is 23.7 Å². The second-order valence-electron chi connectivity index (χ2n) is 6.49. The van der Waals surface area contributed by atoms with E-state index in [4.69, 9.17) is 0 Å². The van der Waals surface area contributed by atoms with E-state index in [0.29, 0.717) is 0 Å². The molecule has 0 aromatic rings. The van der Waals surface area contributed by atoms with E-state index in [-0.39, 0.29) is 14.9 Å². The van der Waals surface area contributed by atoms with Crippen molar-refractivity contribution in [3.05, 3.63) is 0 Å². The first-order chi connectivity index (χ1) is 9.24. The van der Waals surface area contributed by atoms with Crippen LogP contribution in [0.25, 0.3) is 0 Å². The summed E-state index contributed by atoms with van der Waals surface area (Å²) in [6.45, 7) is 12.9. The molecule has 2 aliphatic carbocycles. The molecule has 0 aromatic carbocycles. The molecule has 0 amide bonds. The van der Waals surface area contributed by atoms with Crippen LogP contribution in [0.1, 0.15) is 114 Å². The lowest BCUT2D eigenvalue weighted by Gasteiger charge is -2.32. The Morgan fingerprint density at radius 2 is 0.762 bits per heavy atom. The zero-order valence-corrected chi connectivity index (χ0v) is 14.7. The minimum absolute atomic E-state index is 0. The SMILES string of the molecule is C.C.CC.CC.CC1CCC(CC2CCC(C)CC2)CC1. The Bertz CT molecular complexity index is 148. The molecular weight excluding hydrogens is 252 g/mol. The topological polar surface area (TPSA) is 0 Å². The molecule has 0 bridgehead atoms. The van der Waals surface area contributed by atoms with Gasteiger partial charge in [0.25, 0.3) is 0 Å². The van der Waals surface area contributed by atoms with Gasteiger partial charge in [-0.25, -0.2) is 0 Å². The van der Waals surface area contributed by atoms with Gasteiger partial charge in [0.15, 0.2) is 0 Å². The molecule has 0 aliphatic heterocycles. The molecule has 0 atom stereocenters. The molecule has 2 aliphatic rings. The van der Waals surface area contributed by atoms with Crippen LogP contribution < -0.4 is 0 Å². The van der Waals surface area contributed by atoms with Gasteiger partial charge in [0.05, 0.1) is 0 Å². The van der Waals surface area contributed by atoms with Crippen LogP contribution in [0.4, 0.5) is 0 Å². The van der Waals surface area contributed by atoms with Crippen molar-refractivity contribution in [3.8, 4) is 0 Å². The van der Waals surface area contributed by atoms with Crippen LogP contribution in [-0.2, 0) is 0 Å². The predicted octanol–water partition coefficient (Wildman–Crippen LogP) is 8.35. The maximum Gasteiger partial charge on any atom is -0.0411 e. The van der Waals surface area contributed by atoms with Crippen molar-refractivity contribution in [1.29, 1.82) is 0 Å². The standard InChI is InChI=1S/C15H28.2C2H6.2CH4/c1-12-3-7-14(8-4-12)11-15-9-5-13(2)6-10-15;2*1-2;;/h12-15H,3-11H2,1-2H3;2*1-2H3;2*1H4. The van der Waals surface area contributed by atoms with E-state index in [2.05, 4.69) is 13.8 Å². The third kappa shape index (κ3) is 11.2. The highest BCUT2D eigenvalue weighted by Crippen LogP contribution is 2.37. The monoisotopic (exact) mass is 300 g/mol. The molecule has 0 nitrogen and oxygen atoms in total. The molecule has 0 heterocycles. The molecule has 2 saturated carbocycles. The highest BCUT2D eigenvalue weighted by atomic mass is 14.3. The average Bonchev–Trinajstić information content (AvgIpc) is 2.48. The van der Waals surface area contributed by atoms with E-state index in [9.17, 15) is 0 Å². The lowest BCUT2D eigenvalue weighted by atomic mass is 9.74. The summed E-state index contributed by atoms with van der Waals surface area (Å²) in [5, 5.41) is 0. The number of hydrogen-bond acceptors (Lipinski definition) is 0. The van der Waals surface area contributed by atoms with Crippen molar-refractivity contribution < 1.29 is 0 Å². The van der Waals surface area contributed by atoms with E-state index >= 15 is 0 Å². The number of rotatable bonds is 2. The largest absolute Gasteiger partial charge is 0.0776 e. The van der Waals surface area contributed by atoms with Crippen molar-refractivity contribution in [1.82, 2.24) is 0 Å². The summed E-state index contributed by atoms with van der Waals surface area (Å²) in [5.41, 5.74) is 0. The molecule has 0 aromatic heterocycles. The van der Waals surface area contributed by atoms with Crippen LogP contribution in [0.2, 0.25) is 0 Å². The van der Waals surface area contributed by atoms with E-state index in [1.807, 2.05) is 27.7 Å². The quantitative estimate of drug-likeness (QED) is 0.480. The van der Waals surface area contributed by atoms with E-state index in [1.54, 1.807) is 6.42 Å². The molecule has 0 unspecified atom stereocenters. The molecule has 132 valence electrons. The van der Waals surface area contributed by atoms with E-state index in [0.717, 1.165) is 23.7 Å². The summed E-state index contributed by atoms with van der Waals surface area (Å²) in [7, 11) is 0.